The molecule has 1 aliphatic carbocycles. The Kier molecular flexibility index (Phi) is 3.33. The summed E-state index contributed by atoms with van der Waals surface area (Å²) >= 11 is 0. The zero-order valence-corrected chi connectivity index (χ0v) is 12.0. The summed E-state index contributed by atoms with van der Waals surface area (Å²) in [5.74, 6) is 1.90. The van der Waals surface area contributed by atoms with Crippen molar-refractivity contribution in [2.24, 2.45) is 18.7 Å². The third kappa shape index (κ3) is 2.24. The molecule has 2 aromatic rings. The van der Waals surface area contributed by atoms with E-state index in [1.807, 2.05) is 13.1 Å². The van der Waals surface area contributed by atoms with Crippen LogP contribution in [0.1, 0.15) is 44.9 Å². The molecular weight excluding hydrogens is 254 g/mol. The molecule has 0 saturated heterocycles. The summed E-state index contributed by atoms with van der Waals surface area (Å²) in [6, 6.07) is 1.86. The normalized spacial score (nSPS) is 26.9. The summed E-state index contributed by atoms with van der Waals surface area (Å²) in [4.78, 5) is 4.50. The molecule has 0 amide bonds. The molecule has 2 N–H and O–H groups in total. The van der Waals surface area contributed by atoms with Crippen LogP contribution in [0.15, 0.2) is 16.8 Å². The summed E-state index contributed by atoms with van der Waals surface area (Å²) in [6.45, 7) is 2.24. The van der Waals surface area contributed by atoms with Crippen LogP contribution in [-0.4, -0.2) is 19.9 Å². The zero-order valence-electron chi connectivity index (χ0n) is 12.0. The fourth-order valence-corrected chi connectivity index (χ4v) is 2.94. The largest absolute Gasteiger partial charge is 0.332 e. The molecule has 0 radical (unpaired) electrons. The van der Waals surface area contributed by atoms with Crippen LogP contribution in [0.25, 0.3) is 11.6 Å². The van der Waals surface area contributed by atoms with Gasteiger partial charge in [0.1, 0.15) is 5.69 Å². The van der Waals surface area contributed by atoms with Crippen molar-refractivity contribution >= 4 is 0 Å². The molecular formula is C14H21N5O. The number of aromatic nitrogens is 4. The first-order valence-corrected chi connectivity index (χ1v) is 7.24. The summed E-state index contributed by atoms with van der Waals surface area (Å²) in [6.07, 6.45) is 7.07. The lowest BCUT2D eigenvalue weighted by Gasteiger charge is -2.34. The monoisotopic (exact) mass is 275 g/mol. The Morgan fingerprint density at radius 1 is 1.45 bits per heavy atom. The number of nitrogens with two attached hydrogens (primary N) is 1. The molecule has 1 saturated carbocycles. The van der Waals surface area contributed by atoms with Gasteiger partial charge >= 0.3 is 0 Å². The molecule has 1 aliphatic rings. The summed E-state index contributed by atoms with van der Waals surface area (Å²) in [5, 5.41) is 8.22. The molecule has 108 valence electrons. The Morgan fingerprint density at radius 3 is 2.80 bits per heavy atom. The van der Waals surface area contributed by atoms with Gasteiger partial charge in [-0.15, -0.1) is 0 Å². The second-order valence-electron chi connectivity index (χ2n) is 5.77. The minimum absolute atomic E-state index is 0.438. The Balaban J connectivity index is 1.82. The van der Waals surface area contributed by atoms with Gasteiger partial charge in [-0.3, -0.25) is 4.68 Å². The van der Waals surface area contributed by atoms with Crippen molar-refractivity contribution in [3.63, 3.8) is 0 Å². The van der Waals surface area contributed by atoms with Crippen molar-refractivity contribution in [3.05, 3.63) is 18.1 Å². The van der Waals surface area contributed by atoms with Gasteiger partial charge in [-0.05, 0) is 37.7 Å². The predicted molar refractivity (Wildman–Crippen MR) is 74.6 cm³/mol. The minimum atomic E-state index is -0.438. The van der Waals surface area contributed by atoms with Gasteiger partial charge in [0.25, 0.3) is 5.89 Å². The zero-order chi connectivity index (χ0) is 14.2. The van der Waals surface area contributed by atoms with E-state index in [0.29, 0.717) is 11.7 Å². The highest BCUT2D eigenvalue weighted by atomic mass is 16.5. The van der Waals surface area contributed by atoms with Crippen molar-refractivity contribution in [2.75, 3.05) is 0 Å². The van der Waals surface area contributed by atoms with Gasteiger partial charge in [-0.2, -0.15) is 10.1 Å². The topological polar surface area (TPSA) is 82.8 Å². The molecule has 6 heteroatoms. The molecule has 0 atom stereocenters. The Morgan fingerprint density at radius 2 is 2.20 bits per heavy atom. The maximum Gasteiger partial charge on any atom is 0.276 e. The fourth-order valence-electron chi connectivity index (χ4n) is 2.94. The molecule has 0 unspecified atom stereocenters. The molecule has 0 aromatic carbocycles. The highest BCUT2D eigenvalue weighted by Crippen LogP contribution is 2.37. The second-order valence-corrected chi connectivity index (χ2v) is 5.77. The van der Waals surface area contributed by atoms with Gasteiger partial charge < -0.3 is 10.3 Å². The molecule has 0 bridgehead atoms. The molecule has 6 nitrogen and oxygen atoms in total. The van der Waals surface area contributed by atoms with Crippen LogP contribution in [0.2, 0.25) is 0 Å². The van der Waals surface area contributed by atoms with Crippen molar-refractivity contribution < 1.29 is 4.52 Å². The van der Waals surface area contributed by atoms with Crippen LogP contribution in [0.3, 0.4) is 0 Å². The number of nitrogens with zero attached hydrogens (tertiary/aromatic N) is 4. The van der Waals surface area contributed by atoms with E-state index in [1.165, 1.54) is 6.42 Å². The van der Waals surface area contributed by atoms with Crippen LogP contribution in [0.5, 0.6) is 0 Å². The maximum absolute atomic E-state index is 6.49. The standard InChI is InChI=1S/C14H21N5O/c1-3-10-4-7-14(15,8-5-10)13-17-12(20-18-13)11-6-9-16-19(11)2/h6,9-10H,3-5,7-8,15H2,1-2H3. The molecule has 2 aromatic heterocycles. The lowest BCUT2D eigenvalue weighted by Crippen LogP contribution is -2.41. The Bertz CT molecular complexity index is 580. The van der Waals surface area contributed by atoms with Crippen molar-refractivity contribution in [1.82, 2.24) is 19.9 Å². The smallest absolute Gasteiger partial charge is 0.276 e. The van der Waals surface area contributed by atoms with Crippen molar-refractivity contribution in [1.29, 1.82) is 0 Å². The number of rotatable bonds is 3. The van der Waals surface area contributed by atoms with Gasteiger partial charge in [0.15, 0.2) is 5.82 Å². The van der Waals surface area contributed by atoms with Crippen molar-refractivity contribution in [3.8, 4) is 11.6 Å². The second kappa shape index (κ2) is 5.01. The molecule has 20 heavy (non-hydrogen) atoms. The van der Waals surface area contributed by atoms with Gasteiger partial charge in [-0.25, -0.2) is 0 Å². The number of hydrogen-bond donors (Lipinski definition) is 1. The molecule has 1 fully saturated rings. The van der Waals surface area contributed by atoms with Gasteiger partial charge in [0, 0.05) is 13.2 Å². The first-order chi connectivity index (χ1) is 9.62. The predicted octanol–water partition coefficient (Wildman–Crippen LogP) is 2.22. The lowest BCUT2D eigenvalue weighted by molar-refractivity contribution is 0.216. The van der Waals surface area contributed by atoms with Crippen LogP contribution in [0.4, 0.5) is 0 Å². The van der Waals surface area contributed by atoms with E-state index in [9.17, 15) is 0 Å². The fraction of sp³-hybridized carbons (Fsp3) is 0.643. The van der Waals surface area contributed by atoms with E-state index < -0.39 is 5.54 Å². The Hall–Kier alpha value is -1.69. The number of aryl methyl sites for hydroxylation is 1. The molecule has 0 aliphatic heterocycles. The van der Waals surface area contributed by atoms with Gasteiger partial charge in [0.2, 0.25) is 0 Å². The van der Waals surface area contributed by atoms with E-state index >= 15 is 0 Å². The lowest BCUT2D eigenvalue weighted by atomic mass is 9.76. The number of hydrogen-bond acceptors (Lipinski definition) is 5. The van der Waals surface area contributed by atoms with Crippen LogP contribution < -0.4 is 5.73 Å². The van der Waals surface area contributed by atoms with Gasteiger partial charge in [0.05, 0.1) is 5.54 Å². The third-order valence-electron chi connectivity index (χ3n) is 4.49. The highest BCUT2D eigenvalue weighted by Gasteiger charge is 2.37. The SMILES string of the molecule is CCC1CCC(N)(c2noc(-c3ccnn3C)n2)CC1. The third-order valence-corrected chi connectivity index (χ3v) is 4.49. The molecule has 0 spiro atoms. The first-order valence-electron chi connectivity index (χ1n) is 7.24. The quantitative estimate of drug-likeness (QED) is 0.928. The van der Waals surface area contributed by atoms with E-state index in [2.05, 4.69) is 22.2 Å². The van der Waals surface area contributed by atoms with E-state index in [1.54, 1.807) is 10.9 Å². The Labute approximate surface area is 118 Å². The summed E-state index contributed by atoms with van der Waals surface area (Å²) in [7, 11) is 1.85. The van der Waals surface area contributed by atoms with Crippen molar-refractivity contribution in [2.45, 2.75) is 44.6 Å². The molecule has 2 heterocycles. The minimum Gasteiger partial charge on any atom is -0.332 e. The van der Waals surface area contributed by atoms with Crippen LogP contribution in [-0.2, 0) is 12.6 Å². The average Bonchev–Trinajstić information content (AvgIpc) is 3.08. The summed E-state index contributed by atoms with van der Waals surface area (Å²) < 4.78 is 7.08. The van der Waals surface area contributed by atoms with E-state index in [0.717, 1.165) is 37.3 Å². The molecule has 3 rings (SSSR count). The maximum atomic E-state index is 6.49. The van der Waals surface area contributed by atoms with Gasteiger partial charge in [-0.1, -0.05) is 18.5 Å². The average molecular weight is 275 g/mol. The van der Waals surface area contributed by atoms with Crippen LogP contribution in [0, 0.1) is 5.92 Å². The summed E-state index contributed by atoms with van der Waals surface area (Å²) in [5.41, 5.74) is 6.87. The van der Waals surface area contributed by atoms with Crippen LogP contribution >= 0.6 is 0 Å². The highest BCUT2D eigenvalue weighted by molar-refractivity contribution is 5.46. The first kappa shape index (κ1) is 13.3. The van der Waals surface area contributed by atoms with E-state index in [4.69, 9.17) is 10.3 Å². The van der Waals surface area contributed by atoms with E-state index in [-0.39, 0.29) is 0 Å².